The molecule has 2 unspecified atom stereocenters. The van der Waals surface area contributed by atoms with Gasteiger partial charge in [-0.1, -0.05) is 19.1 Å². The highest BCUT2D eigenvalue weighted by atomic mass is 16.5. The van der Waals surface area contributed by atoms with Crippen LogP contribution in [0.25, 0.3) is 0 Å². The number of methoxy groups -OCH3 is 1. The number of benzene rings is 1. The van der Waals surface area contributed by atoms with Gasteiger partial charge in [0.15, 0.2) is 11.6 Å². The van der Waals surface area contributed by atoms with Crippen LogP contribution >= 0.6 is 0 Å². The van der Waals surface area contributed by atoms with Gasteiger partial charge in [0, 0.05) is 7.11 Å². The minimum Gasteiger partial charge on any atom is -0.481 e. The number of aliphatic carboxylic acids is 1. The molecular formula is C16H23NO5. The maximum Gasteiger partial charge on any atom is 0.331 e. The van der Waals surface area contributed by atoms with Gasteiger partial charge in [0.2, 0.25) is 0 Å². The van der Waals surface area contributed by atoms with E-state index < -0.39 is 23.5 Å². The third-order valence-corrected chi connectivity index (χ3v) is 3.24. The Labute approximate surface area is 130 Å². The Hall–Kier alpha value is -2.08. The first-order valence-electron chi connectivity index (χ1n) is 7.10. The number of amides is 1. The van der Waals surface area contributed by atoms with Gasteiger partial charge >= 0.3 is 5.97 Å². The number of ether oxygens (including phenoxy) is 2. The van der Waals surface area contributed by atoms with Crippen molar-refractivity contribution < 1.29 is 24.2 Å². The molecule has 1 aromatic rings. The molecule has 0 aliphatic rings. The zero-order valence-electron chi connectivity index (χ0n) is 13.4. The second kappa shape index (κ2) is 7.79. The summed E-state index contributed by atoms with van der Waals surface area (Å²) in [6.07, 6.45) is -0.347. The van der Waals surface area contributed by atoms with E-state index in [9.17, 15) is 14.7 Å². The summed E-state index contributed by atoms with van der Waals surface area (Å²) in [5.41, 5.74) is -0.475. The molecule has 0 aliphatic carbocycles. The quantitative estimate of drug-likeness (QED) is 0.764. The lowest BCUT2D eigenvalue weighted by Crippen LogP contribution is -2.58. The minimum atomic E-state index is -1.49. The number of carboxylic acid groups (broad SMARTS) is 1. The molecule has 22 heavy (non-hydrogen) atoms. The van der Waals surface area contributed by atoms with Crippen molar-refractivity contribution in [3.8, 4) is 5.75 Å². The molecule has 2 N–H and O–H groups in total. The van der Waals surface area contributed by atoms with Crippen LogP contribution in [0.2, 0.25) is 0 Å². The van der Waals surface area contributed by atoms with E-state index in [1.54, 1.807) is 13.0 Å². The Kier molecular flexibility index (Phi) is 6.37. The van der Waals surface area contributed by atoms with E-state index in [1.807, 2.05) is 25.1 Å². The molecule has 1 amide bonds. The highest BCUT2D eigenvalue weighted by molar-refractivity contribution is 5.89. The third-order valence-electron chi connectivity index (χ3n) is 3.24. The molecule has 0 aliphatic heterocycles. The lowest BCUT2D eigenvalue weighted by Gasteiger charge is -2.27. The average molecular weight is 309 g/mol. The van der Waals surface area contributed by atoms with Gasteiger partial charge in [-0.2, -0.15) is 0 Å². The highest BCUT2D eigenvalue weighted by Crippen LogP contribution is 2.16. The molecule has 0 saturated heterocycles. The van der Waals surface area contributed by atoms with Gasteiger partial charge < -0.3 is 19.9 Å². The zero-order valence-corrected chi connectivity index (χ0v) is 13.4. The van der Waals surface area contributed by atoms with Crippen LogP contribution in [0.3, 0.4) is 0 Å². The Morgan fingerprint density at radius 3 is 2.59 bits per heavy atom. The monoisotopic (exact) mass is 309 g/mol. The van der Waals surface area contributed by atoms with Gasteiger partial charge in [-0.25, -0.2) is 4.79 Å². The Morgan fingerprint density at radius 1 is 1.41 bits per heavy atom. The van der Waals surface area contributed by atoms with E-state index in [-0.39, 0.29) is 6.61 Å². The normalized spacial score (nSPS) is 14.7. The van der Waals surface area contributed by atoms with Crippen LogP contribution in [0.5, 0.6) is 5.75 Å². The van der Waals surface area contributed by atoms with Crippen molar-refractivity contribution >= 4 is 11.9 Å². The van der Waals surface area contributed by atoms with E-state index in [2.05, 4.69) is 5.32 Å². The summed E-state index contributed by atoms with van der Waals surface area (Å²) in [4.78, 5) is 23.6. The van der Waals surface area contributed by atoms with Crippen molar-refractivity contribution in [1.82, 2.24) is 5.32 Å². The van der Waals surface area contributed by atoms with Crippen molar-refractivity contribution in [3.63, 3.8) is 0 Å². The summed E-state index contributed by atoms with van der Waals surface area (Å²) in [6, 6.07) is 7.34. The van der Waals surface area contributed by atoms with Crippen LogP contribution in [0.1, 0.15) is 25.8 Å². The second-order valence-electron chi connectivity index (χ2n) is 5.39. The number of carbonyl (C=O) groups is 2. The molecule has 6 nitrogen and oxygen atoms in total. The summed E-state index contributed by atoms with van der Waals surface area (Å²) in [7, 11) is 1.38. The van der Waals surface area contributed by atoms with Crippen molar-refractivity contribution in [3.05, 3.63) is 29.8 Å². The fraction of sp³-hybridized carbons (Fsp3) is 0.500. The fourth-order valence-corrected chi connectivity index (χ4v) is 1.97. The first-order chi connectivity index (χ1) is 10.3. The first-order valence-corrected chi connectivity index (χ1v) is 7.10. The number of carbonyl (C=O) groups excluding carboxylic acids is 1. The largest absolute Gasteiger partial charge is 0.481 e. The Bertz CT molecular complexity index is 531. The van der Waals surface area contributed by atoms with Gasteiger partial charge in [0.25, 0.3) is 5.91 Å². The van der Waals surface area contributed by atoms with Crippen molar-refractivity contribution in [1.29, 1.82) is 0 Å². The van der Waals surface area contributed by atoms with Gasteiger partial charge in [-0.3, -0.25) is 4.79 Å². The van der Waals surface area contributed by atoms with Gasteiger partial charge in [0.05, 0.1) is 6.61 Å². The maximum absolute atomic E-state index is 12.3. The van der Waals surface area contributed by atoms with Crippen LogP contribution < -0.4 is 10.1 Å². The predicted molar refractivity (Wildman–Crippen MR) is 81.9 cm³/mol. The summed E-state index contributed by atoms with van der Waals surface area (Å²) in [5.74, 6) is -1.06. The van der Waals surface area contributed by atoms with Crippen LogP contribution in [0, 0.1) is 6.92 Å². The van der Waals surface area contributed by atoms with Crippen LogP contribution in [0.4, 0.5) is 0 Å². The number of aryl methyl sites for hydroxylation is 1. The van der Waals surface area contributed by atoms with E-state index in [0.29, 0.717) is 12.2 Å². The summed E-state index contributed by atoms with van der Waals surface area (Å²) >= 11 is 0. The molecule has 0 spiro atoms. The fourth-order valence-electron chi connectivity index (χ4n) is 1.97. The maximum atomic E-state index is 12.3. The first kappa shape index (κ1) is 18.0. The van der Waals surface area contributed by atoms with Gasteiger partial charge in [-0.05, 0) is 38.0 Å². The molecular weight excluding hydrogens is 286 g/mol. The SMILES string of the molecule is CCC(Oc1cccc(C)c1)C(=O)NC(C)(COC)C(=O)O. The van der Waals surface area contributed by atoms with E-state index >= 15 is 0 Å². The highest BCUT2D eigenvalue weighted by Gasteiger charge is 2.37. The lowest BCUT2D eigenvalue weighted by molar-refractivity contribution is -0.150. The molecule has 1 aromatic carbocycles. The van der Waals surface area contributed by atoms with E-state index in [0.717, 1.165) is 5.56 Å². The summed E-state index contributed by atoms with van der Waals surface area (Å²) < 4.78 is 10.5. The van der Waals surface area contributed by atoms with Crippen molar-refractivity contribution in [2.45, 2.75) is 38.8 Å². The number of hydrogen-bond donors (Lipinski definition) is 2. The number of carboxylic acids is 1. The van der Waals surface area contributed by atoms with Crippen LogP contribution in [-0.4, -0.2) is 42.3 Å². The molecule has 2 atom stereocenters. The van der Waals surface area contributed by atoms with Crippen LogP contribution in [-0.2, 0) is 14.3 Å². The van der Waals surface area contributed by atoms with Gasteiger partial charge in [0.1, 0.15) is 5.75 Å². The smallest absolute Gasteiger partial charge is 0.331 e. The number of hydrogen-bond acceptors (Lipinski definition) is 4. The predicted octanol–water partition coefficient (Wildman–Crippen LogP) is 1.76. The topological polar surface area (TPSA) is 84.9 Å². The van der Waals surface area contributed by atoms with Crippen LogP contribution in [0.15, 0.2) is 24.3 Å². The lowest BCUT2D eigenvalue weighted by atomic mass is 10.0. The minimum absolute atomic E-state index is 0.130. The molecule has 6 heteroatoms. The van der Waals surface area contributed by atoms with Gasteiger partial charge in [-0.15, -0.1) is 0 Å². The van der Waals surface area contributed by atoms with Crippen molar-refractivity contribution in [2.75, 3.05) is 13.7 Å². The van der Waals surface area contributed by atoms with E-state index in [1.165, 1.54) is 14.0 Å². The zero-order chi connectivity index (χ0) is 16.8. The summed E-state index contributed by atoms with van der Waals surface area (Å²) in [6.45, 7) is 4.99. The molecule has 0 aromatic heterocycles. The number of nitrogens with one attached hydrogen (secondary N) is 1. The molecule has 0 radical (unpaired) electrons. The molecule has 1 rings (SSSR count). The summed E-state index contributed by atoms with van der Waals surface area (Å²) in [5, 5.41) is 11.7. The molecule has 0 fully saturated rings. The molecule has 122 valence electrons. The average Bonchev–Trinajstić information content (AvgIpc) is 2.44. The third kappa shape index (κ3) is 4.73. The molecule has 0 bridgehead atoms. The Morgan fingerprint density at radius 2 is 2.09 bits per heavy atom. The Balaban J connectivity index is 2.81. The second-order valence-corrected chi connectivity index (χ2v) is 5.39. The van der Waals surface area contributed by atoms with Crippen molar-refractivity contribution in [2.24, 2.45) is 0 Å². The standard InChI is InChI=1S/C16H23NO5/c1-5-13(22-12-8-6-7-11(2)9-12)14(18)17-16(3,10-21-4)15(19)20/h6-9,13H,5,10H2,1-4H3,(H,17,18)(H,19,20). The van der Waals surface area contributed by atoms with E-state index in [4.69, 9.17) is 9.47 Å². The molecule has 0 saturated carbocycles. The molecule has 0 heterocycles. The number of rotatable bonds is 8.